The standard InChI is InChI=1S/C17H18FN5O/c1-10-8-14(12-4-3-5-13(18)16(12)19-10)23-6-7-24-15(9-23)17-20-11(2)21-22-17/h3-5,8,15H,6-7,9H2,1-2H3,(H,20,21,22). The molecule has 1 atom stereocenters. The zero-order chi connectivity index (χ0) is 16.7. The number of hydrogen-bond donors (Lipinski definition) is 1. The third-order valence-corrected chi connectivity index (χ3v) is 4.21. The third kappa shape index (κ3) is 2.60. The van der Waals surface area contributed by atoms with Crippen molar-refractivity contribution in [1.82, 2.24) is 20.2 Å². The normalized spacial score (nSPS) is 18.3. The van der Waals surface area contributed by atoms with Crippen LogP contribution < -0.4 is 4.90 Å². The number of aryl methyl sites for hydroxylation is 2. The first-order chi connectivity index (χ1) is 11.6. The Kier molecular flexibility index (Phi) is 3.65. The number of anilines is 1. The summed E-state index contributed by atoms with van der Waals surface area (Å²) in [5, 5.41) is 7.86. The molecule has 0 aliphatic carbocycles. The number of hydrogen-bond acceptors (Lipinski definition) is 5. The predicted molar refractivity (Wildman–Crippen MR) is 88.5 cm³/mol. The van der Waals surface area contributed by atoms with Crippen molar-refractivity contribution in [2.45, 2.75) is 20.0 Å². The highest BCUT2D eigenvalue weighted by atomic mass is 19.1. The molecule has 1 aliphatic heterocycles. The second kappa shape index (κ2) is 5.83. The number of aromatic nitrogens is 4. The van der Waals surface area contributed by atoms with Crippen LogP contribution in [0.3, 0.4) is 0 Å². The molecule has 24 heavy (non-hydrogen) atoms. The molecule has 0 amide bonds. The van der Waals surface area contributed by atoms with E-state index in [9.17, 15) is 4.39 Å². The highest BCUT2D eigenvalue weighted by Crippen LogP contribution is 2.31. The number of rotatable bonds is 2. The van der Waals surface area contributed by atoms with Gasteiger partial charge in [0.1, 0.15) is 23.3 Å². The van der Waals surface area contributed by atoms with Crippen molar-refractivity contribution in [2.75, 3.05) is 24.6 Å². The Morgan fingerprint density at radius 2 is 2.17 bits per heavy atom. The van der Waals surface area contributed by atoms with E-state index in [0.717, 1.165) is 29.1 Å². The van der Waals surface area contributed by atoms with E-state index in [0.29, 0.717) is 24.5 Å². The lowest BCUT2D eigenvalue weighted by atomic mass is 10.1. The van der Waals surface area contributed by atoms with E-state index < -0.39 is 0 Å². The summed E-state index contributed by atoms with van der Waals surface area (Å²) in [7, 11) is 0. The molecule has 124 valence electrons. The number of H-pyrrole nitrogens is 1. The fourth-order valence-corrected chi connectivity index (χ4v) is 3.11. The number of nitrogens with one attached hydrogen (secondary N) is 1. The van der Waals surface area contributed by atoms with Gasteiger partial charge in [0.15, 0.2) is 5.82 Å². The van der Waals surface area contributed by atoms with Gasteiger partial charge in [-0.25, -0.2) is 14.4 Å². The molecule has 1 N–H and O–H groups in total. The molecule has 6 nitrogen and oxygen atoms in total. The summed E-state index contributed by atoms with van der Waals surface area (Å²) in [6, 6.07) is 7.06. The quantitative estimate of drug-likeness (QED) is 0.784. The fraction of sp³-hybridized carbons (Fsp3) is 0.353. The van der Waals surface area contributed by atoms with Crippen molar-refractivity contribution in [1.29, 1.82) is 0 Å². The molecular formula is C17H18FN5O. The second-order valence-corrected chi connectivity index (χ2v) is 6.00. The topological polar surface area (TPSA) is 66.9 Å². The SMILES string of the molecule is Cc1cc(N2CCOC(c3n[nH]c(C)n3)C2)c2cccc(F)c2n1. The van der Waals surface area contributed by atoms with E-state index >= 15 is 0 Å². The van der Waals surface area contributed by atoms with Gasteiger partial charge >= 0.3 is 0 Å². The summed E-state index contributed by atoms with van der Waals surface area (Å²) >= 11 is 0. The van der Waals surface area contributed by atoms with E-state index in [1.807, 2.05) is 26.0 Å². The fourth-order valence-electron chi connectivity index (χ4n) is 3.11. The number of aromatic amines is 1. The predicted octanol–water partition coefficient (Wildman–Crippen LogP) is 2.69. The third-order valence-electron chi connectivity index (χ3n) is 4.21. The van der Waals surface area contributed by atoms with Crippen molar-refractivity contribution in [3.63, 3.8) is 0 Å². The molecule has 3 aromatic rings. The lowest BCUT2D eigenvalue weighted by Gasteiger charge is -2.34. The average molecular weight is 327 g/mol. The Morgan fingerprint density at radius 1 is 1.29 bits per heavy atom. The van der Waals surface area contributed by atoms with Gasteiger partial charge in [0.05, 0.1) is 13.2 Å². The van der Waals surface area contributed by atoms with Gasteiger partial charge in [-0.2, -0.15) is 5.10 Å². The van der Waals surface area contributed by atoms with Crippen LogP contribution in [0, 0.1) is 19.7 Å². The van der Waals surface area contributed by atoms with Crippen LogP contribution >= 0.6 is 0 Å². The minimum atomic E-state index is -0.299. The molecule has 3 heterocycles. The zero-order valence-electron chi connectivity index (χ0n) is 13.6. The Bertz CT molecular complexity index is 894. The highest BCUT2D eigenvalue weighted by molar-refractivity contribution is 5.92. The van der Waals surface area contributed by atoms with Crippen LogP contribution in [0.15, 0.2) is 24.3 Å². The smallest absolute Gasteiger partial charge is 0.181 e. The number of fused-ring (bicyclic) bond motifs is 1. The molecule has 0 bridgehead atoms. The number of pyridine rings is 1. The number of ether oxygens (including phenoxy) is 1. The van der Waals surface area contributed by atoms with Gasteiger partial charge in [-0.1, -0.05) is 12.1 Å². The van der Waals surface area contributed by atoms with E-state index in [1.165, 1.54) is 6.07 Å². The maximum absolute atomic E-state index is 14.1. The lowest BCUT2D eigenvalue weighted by molar-refractivity contribution is 0.0343. The maximum Gasteiger partial charge on any atom is 0.181 e. The van der Waals surface area contributed by atoms with Crippen molar-refractivity contribution in [2.24, 2.45) is 0 Å². The van der Waals surface area contributed by atoms with Crippen LogP contribution in [-0.4, -0.2) is 39.9 Å². The summed E-state index contributed by atoms with van der Waals surface area (Å²) in [6.45, 7) is 5.66. The van der Waals surface area contributed by atoms with Gasteiger partial charge in [0.25, 0.3) is 0 Å². The summed E-state index contributed by atoms with van der Waals surface area (Å²) in [6.07, 6.45) is -0.208. The summed E-state index contributed by atoms with van der Waals surface area (Å²) in [4.78, 5) is 10.9. The van der Waals surface area contributed by atoms with Crippen molar-refractivity contribution < 1.29 is 9.13 Å². The van der Waals surface area contributed by atoms with E-state index in [1.54, 1.807) is 6.07 Å². The molecule has 0 saturated carbocycles. The number of halogens is 1. The molecule has 7 heteroatoms. The van der Waals surface area contributed by atoms with Crippen LogP contribution in [0.25, 0.3) is 10.9 Å². The molecule has 1 unspecified atom stereocenters. The number of morpholine rings is 1. The van der Waals surface area contributed by atoms with Gasteiger partial charge in [-0.05, 0) is 26.0 Å². The van der Waals surface area contributed by atoms with Crippen LogP contribution in [0.1, 0.15) is 23.4 Å². The van der Waals surface area contributed by atoms with E-state index in [-0.39, 0.29) is 11.9 Å². The number of nitrogens with zero attached hydrogens (tertiary/aromatic N) is 4. The van der Waals surface area contributed by atoms with Gasteiger partial charge < -0.3 is 9.64 Å². The Morgan fingerprint density at radius 3 is 2.96 bits per heavy atom. The van der Waals surface area contributed by atoms with Gasteiger partial charge in [-0.15, -0.1) is 0 Å². The summed E-state index contributed by atoms with van der Waals surface area (Å²) < 4.78 is 19.9. The van der Waals surface area contributed by atoms with Crippen molar-refractivity contribution >= 4 is 16.6 Å². The van der Waals surface area contributed by atoms with Crippen LogP contribution in [0.4, 0.5) is 10.1 Å². The zero-order valence-corrected chi connectivity index (χ0v) is 13.6. The minimum Gasteiger partial charge on any atom is -0.366 e. The lowest BCUT2D eigenvalue weighted by Crippen LogP contribution is -2.39. The monoisotopic (exact) mass is 327 g/mol. The number of benzene rings is 1. The molecule has 0 radical (unpaired) electrons. The summed E-state index contributed by atoms with van der Waals surface area (Å²) in [5.74, 6) is 1.11. The molecule has 1 aliphatic rings. The molecular weight excluding hydrogens is 309 g/mol. The van der Waals surface area contributed by atoms with Gasteiger partial charge in [0, 0.05) is 23.3 Å². The van der Waals surface area contributed by atoms with Crippen LogP contribution in [0.2, 0.25) is 0 Å². The van der Waals surface area contributed by atoms with Crippen LogP contribution in [-0.2, 0) is 4.74 Å². The first-order valence-corrected chi connectivity index (χ1v) is 7.93. The highest BCUT2D eigenvalue weighted by Gasteiger charge is 2.26. The second-order valence-electron chi connectivity index (χ2n) is 6.00. The Balaban J connectivity index is 1.73. The molecule has 2 aromatic heterocycles. The first kappa shape index (κ1) is 15.0. The largest absolute Gasteiger partial charge is 0.366 e. The molecule has 0 spiro atoms. The molecule has 1 saturated heterocycles. The van der Waals surface area contributed by atoms with E-state index in [2.05, 4.69) is 25.1 Å². The average Bonchev–Trinajstić information content (AvgIpc) is 3.02. The Hall–Kier alpha value is -2.54. The van der Waals surface area contributed by atoms with Gasteiger partial charge in [0.2, 0.25) is 0 Å². The van der Waals surface area contributed by atoms with Crippen molar-refractivity contribution in [3.8, 4) is 0 Å². The first-order valence-electron chi connectivity index (χ1n) is 7.93. The van der Waals surface area contributed by atoms with Crippen molar-refractivity contribution in [3.05, 3.63) is 47.4 Å². The number of para-hydroxylation sites is 1. The molecule has 4 rings (SSSR count). The minimum absolute atomic E-state index is 0.208. The van der Waals surface area contributed by atoms with Crippen LogP contribution in [0.5, 0.6) is 0 Å². The Labute approximate surface area is 138 Å². The van der Waals surface area contributed by atoms with Gasteiger partial charge in [-0.3, -0.25) is 5.10 Å². The summed E-state index contributed by atoms with van der Waals surface area (Å²) in [5.41, 5.74) is 2.17. The van der Waals surface area contributed by atoms with E-state index in [4.69, 9.17) is 4.74 Å². The maximum atomic E-state index is 14.1. The molecule has 1 fully saturated rings. The molecule has 1 aromatic carbocycles.